The van der Waals surface area contributed by atoms with E-state index < -0.39 is 5.97 Å². The summed E-state index contributed by atoms with van der Waals surface area (Å²) >= 11 is 0. The minimum atomic E-state index is -0.737. The van der Waals surface area contributed by atoms with Crippen LogP contribution in [0.3, 0.4) is 0 Å². The Labute approximate surface area is 107 Å². The molecule has 1 aliphatic rings. The van der Waals surface area contributed by atoms with E-state index in [0.717, 1.165) is 24.0 Å². The number of aliphatic carboxylic acids is 1. The van der Waals surface area contributed by atoms with Gasteiger partial charge in [0.15, 0.2) is 0 Å². The molecule has 3 nitrogen and oxygen atoms in total. The van der Waals surface area contributed by atoms with Gasteiger partial charge in [0.25, 0.3) is 0 Å². The van der Waals surface area contributed by atoms with Gasteiger partial charge in [-0.25, -0.2) is 0 Å². The third kappa shape index (κ3) is 2.41. The lowest BCUT2D eigenvalue weighted by atomic mass is 9.82. The van der Waals surface area contributed by atoms with Crippen LogP contribution in [0.2, 0.25) is 0 Å². The first-order chi connectivity index (χ1) is 8.39. The average molecular weight is 248 g/mol. The zero-order chi connectivity index (χ0) is 13.4. The van der Waals surface area contributed by atoms with Gasteiger partial charge in [-0.2, -0.15) is 0 Å². The van der Waals surface area contributed by atoms with Crippen molar-refractivity contribution in [2.24, 2.45) is 0 Å². The summed E-state index contributed by atoms with van der Waals surface area (Å²) in [5.74, 6) is -0.737. The molecule has 1 saturated carbocycles. The molecule has 0 bridgehead atoms. The molecular formula is C15H20O3. The Hall–Kier alpha value is -1.35. The van der Waals surface area contributed by atoms with Crippen molar-refractivity contribution < 1.29 is 15.0 Å². The highest BCUT2D eigenvalue weighted by atomic mass is 16.4. The van der Waals surface area contributed by atoms with E-state index in [1.807, 2.05) is 32.0 Å². The number of aliphatic hydroxyl groups is 1. The highest BCUT2D eigenvalue weighted by Crippen LogP contribution is 2.51. The van der Waals surface area contributed by atoms with Gasteiger partial charge >= 0.3 is 5.97 Å². The molecule has 1 fully saturated rings. The zero-order valence-electron chi connectivity index (χ0n) is 10.9. The highest BCUT2D eigenvalue weighted by Gasteiger charge is 2.46. The molecule has 18 heavy (non-hydrogen) atoms. The molecule has 1 aromatic carbocycles. The lowest BCUT2D eigenvalue weighted by Crippen LogP contribution is -2.23. The summed E-state index contributed by atoms with van der Waals surface area (Å²) in [6.45, 7) is 4.06. The van der Waals surface area contributed by atoms with Crippen molar-refractivity contribution in [1.82, 2.24) is 0 Å². The zero-order valence-corrected chi connectivity index (χ0v) is 10.9. The first-order valence-electron chi connectivity index (χ1n) is 6.33. The Kier molecular flexibility index (Phi) is 3.20. The smallest absolute Gasteiger partial charge is 0.304 e. The first kappa shape index (κ1) is 13.1. The van der Waals surface area contributed by atoms with E-state index in [1.165, 1.54) is 0 Å². The average Bonchev–Trinajstić information content (AvgIpc) is 3.09. The van der Waals surface area contributed by atoms with Crippen molar-refractivity contribution in [3.05, 3.63) is 35.4 Å². The van der Waals surface area contributed by atoms with Crippen LogP contribution in [0.5, 0.6) is 0 Å². The lowest BCUT2D eigenvalue weighted by Gasteiger charge is -2.24. The van der Waals surface area contributed by atoms with Gasteiger partial charge in [-0.1, -0.05) is 38.1 Å². The third-order valence-electron chi connectivity index (χ3n) is 3.99. The normalized spacial score (nSPS) is 17.5. The minimum absolute atomic E-state index is 0.0857. The molecule has 1 aliphatic carbocycles. The Balaban J connectivity index is 2.31. The molecular weight excluding hydrogens is 228 g/mol. The predicted molar refractivity (Wildman–Crippen MR) is 69.7 cm³/mol. The number of hydrogen-bond donors (Lipinski definition) is 2. The first-order valence-corrected chi connectivity index (χ1v) is 6.33. The molecule has 0 heterocycles. The fourth-order valence-electron chi connectivity index (χ4n) is 2.37. The molecule has 0 aromatic heterocycles. The van der Waals surface area contributed by atoms with E-state index in [9.17, 15) is 9.90 Å². The Morgan fingerprint density at radius 2 is 2.06 bits per heavy atom. The molecule has 0 amide bonds. The van der Waals surface area contributed by atoms with E-state index in [0.29, 0.717) is 0 Å². The van der Waals surface area contributed by atoms with Crippen LogP contribution >= 0.6 is 0 Å². The molecule has 0 aliphatic heterocycles. The standard InChI is InChI=1S/C15H20O3/c1-14(2,10-16)11-4-3-5-12(8-11)15(6-7-15)9-13(17)18/h3-5,8,16H,6-7,9-10H2,1-2H3,(H,17,18). The number of carbonyl (C=O) groups is 1. The van der Waals surface area contributed by atoms with Gasteiger partial charge < -0.3 is 10.2 Å². The summed E-state index contributed by atoms with van der Waals surface area (Å²) in [6.07, 6.45) is 2.10. The summed E-state index contributed by atoms with van der Waals surface area (Å²) in [5, 5.41) is 18.4. The van der Waals surface area contributed by atoms with Crippen LogP contribution in [-0.4, -0.2) is 22.8 Å². The van der Waals surface area contributed by atoms with Gasteiger partial charge in [0.2, 0.25) is 0 Å². The van der Waals surface area contributed by atoms with Crippen molar-refractivity contribution in [3.63, 3.8) is 0 Å². The fourth-order valence-corrected chi connectivity index (χ4v) is 2.37. The largest absolute Gasteiger partial charge is 0.481 e. The van der Waals surface area contributed by atoms with Crippen LogP contribution in [0.25, 0.3) is 0 Å². The van der Waals surface area contributed by atoms with Gasteiger partial charge in [0.05, 0.1) is 13.0 Å². The molecule has 1 aromatic rings. The molecule has 0 unspecified atom stereocenters. The molecule has 3 heteroatoms. The summed E-state index contributed by atoms with van der Waals surface area (Å²) in [7, 11) is 0. The summed E-state index contributed by atoms with van der Waals surface area (Å²) in [4.78, 5) is 10.9. The van der Waals surface area contributed by atoms with Crippen LogP contribution < -0.4 is 0 Å². The number of hydrogen-bond acceptors (Lipinski definition) is 2. The summed E-state index contributed by atoms with van der Waals surface area (Å²) in [6, 6.07) is 8.03. The lowest BCUT2D eigenvalue weighted by molar-refractivity contribution is -0.137. The monoisotopic (exact) mass is 248 g/mol. The SMILES string of the molecule is CC(C)(CO)c1cccc(C2(CC(=O)O)CC2)c1. The van der Waals surface area contributed by atoms with Crippen molar-refractivity contribution >= 4 is 5.97 Å². The molecule has 0 saturated heterocycles. The Morgan fingerprint density at radius 3 is 2.56 bits per heavy atom. The van der Waals surface area contributed by atoms with Crippen molar-refractivity contribution in [2.75, 3.05) is 6.61 Å². The van der Waals surface area contributed by atoms with Crippen molar-refractivity contribution in [3.8, 4) is 0 Å². The number of aliphatic hydroxyl groups excluding tert-OH is 1. The van der Waals surface area contributed by atoms with E-state index in [1.54, 1.807) is 0 Å². The Bertz CT molecular complexity index is 459. The number of rotatable bonds is 5. The Morgan fingerprint density at radius 1 is 1.39 bits per heavy atom. The maximum absolute atomic E-state index is 10.9. The minimum Gasteiger partial charge on any atom is -0.481 e. The molecule has 0 atom stereocenters. The van der Waals surface area contributed by atoms with Crippen molar-refractivity contribution in [2.45, 2.75) is 43.9 Å². The number of carboxylic acids is 1. The third-order valence-corrected chi connectivity index (χ3v) is 3.99. The number of carboxylic acid groups (broad SMARTS) is 1. The predicted octanol–water partition coefficient (Wildman–Crippen LogP) is 2.46. The van der Waals surface area contributed by atoms with Crippen LogP contribution in [0.15, 0.2) is 24.3 Å². The second-order valence-electron chi connectivity index (χ2n) is 5.97. The van der Waals surface area contributed by atoms with Gasteiger partial charge in [-0.15, -0.1) is 0 Å². The number of benzene rings is 1. The van der Waals surface area contributed by atoms with E-state index in [4.69, 9.17) is 5.11 Å². The molecule has 2 rings (SSSR count). The van der Waals surface area contributed by atoms with Gasteiger partial charge in [-0.05, 0) is 24.0 Å². The van der Waals surface area contributed by atoms with Gasteiger partial charge in [0, 0.05) is 10.8 Å². The fraction of sp³-hybridized carbons (Fsp3) is 0.533. The van der Waals surface area contributed by atoms with E-state index in [2.05, 4.69) is 6.07 Å². The van der Waals surface area contributed by atoms with Crippen LogP contribution in [-0.2, 0) is 15.6 Å². The molecule has 0 radical (unpaired) electrons. The second-order valence-corrected chi connectivity index (χ2v) is 5.97. The topological polar surface area (TPSA) is 57.5 Å². The summed E-state index contributed by atoms with van der Waals surface area (Å²) in [5.41, 5.74) is 1.73. The quantitative estimate of drug-likeness (QED) is 0.841. The van der Waals surface area contributed by atoms with Crippen molar-refractivity contribution in [1.29, 1.82) is 0 Å². The van der Waals surface area contributed by atoms with Crippen LogP contribution in [0, 0.1) is 0 Å². The maximum atomic E-state index is 10.9. The molecule has 2 N–H and O–H groups in total. The van der Waals surface area contributed by atoms with Crippen LogP contribution in [0.1, 0.15) is 44.2 Å². The van der Waals surface area contributed by atoms with Crippen LogP contribution in [0.4, 0.5) is 0 Å². The van der Waals surface area contributed by atoms with Gasteiger partial charge in [-0.3, -0.25) is 4.79 Å². The molecule has 98 valence electrons. The maximum Gasteiger partial charge on any atom is 0.304 e. The van der Waals surface area contributed by atoms with E-state index in [-0.39, 0.29) is 23.9 Å². The molecule has 0 spiro atoms. The van der Waals surface area contributed by atoms with Gasteiger partial charge in [0.1, 0.15) is 0 Å². The van der Waals surface area contributed by atoms with E-state index >= 15 is 0 Å². The highest BCUT2D eigenvalue weighted by molar-refractivity contribution is 5.70. The summed E-state index contributed by atoms with van der Waals surface area (Å²) < 4.78 is 0. The second kappa shape index (κ2) is 4.39.